The van der Waals surface area contributed by atoms with E-state index in [-0.39, 0.29) is 0 Å². The molecule has 0 aliphatic rings. The van der Waals surface area contributed by atoms with E-state index >= 15 is 0 Å². The smallest absolute Gasteiger partial charge is 0.164 e. The fourth-order valence-corrected chi connectivity index (χ4v) is 18.1. The lowest BCUT2D eigenvalue weighted by Gasteiger charge is -2.12. The van der Waals surface area contributed by atoms with Gasteiger partial charge in [0.15, 0.2) is 34.9 Å². The zero-order chi connectivity index (χ0) is 78.9. The summed E-state index contributed by atoms with van der Waals surface area (Å²) in [7, 11) is 0. The predicted octanol–water partition coefficient (Wildman–Crippen LogP) is 27.6. The molecule has 0 amide bonds. The second-order valence-corrected chi connectivity index (χ2v) is 30.4. The third-order valence-electron chi connectivity index (χ3n) is 23.5. The summed E-state index contributed by atoms with van der Waals surface area (Å²) in [6, 6.07) is 140. The molecule has 8 heterocycles. The van der Waals surface area contributed by atoms with E-state index in [1.165, 1.54) is 76.3 Å². The van der Waals surface area contributed by atoms with Gasteiger partial charge in [-0.1, -0.05) is 255 Å². The molecule has 0 N–H and O–H groups in total. The fourth-order valence-electron chi connectivity index (χ4n) is 18.1. The van der Waals surface area contributed by atoms with Gasteiger partial charge in [-0.15, -0.1) is 0 Å². The van der Waals surface area contributed by atoms with Crippen LogP contribution < -0.4 is 0 Å². The molecule has 0 saturated carbocycles. The summed E-state index contributed by atoms with van der Waals surface area (Å²) in [5.41, 5.74) is 24.7. The Morgan fingerprint density at radius 2 is 0.450 bits per heavy atom. The third-order valence-corrected chi connectivity index (χ3v) is 23.5. The van der Waals surface area contributed by atoms with Gasteiger partial charge < -0.3 is 27.1 Å². The number of nitrogens with zero attached hydrogens (tertiary/aromatic N) is 10. The molecule has 12 heteroatoms. The first-order valence-electron chi connectivity index (χ1n) is 40.3. The predicted molar refractivity (Wildman–Crippen MR) is 490 cm³/mol. The lowest BCUT2D eigenvalue weighted by atomic mass is 10.1. The highest BCUT2D eigenvalue weighted by molar-refractivity contribution is 6.28. The normalized spacial score (nSPS) is 11.8. The maximum Gasteiger partial charge on any atom is 0.164 e. The van der Waals surface area contributed by atoms with Gasteiger partial charge in [0.2, 0.25) is 0 Å². The van der Waals surface area contributed by atoms with Crippen LogP contribution >= 0.6 is 0 Å². The van der Waals surface area contributed by atoms with Crippen molar-refractivity contribution >= 4 is 131 Å². The van der Waals surface area contributed by atoms with Gasteiger partial charge in [0.1, 0.15) is 22.3 Å². The Bertz CT molecular complexity index is 8200. The number of furan rings is 2. The highest BCUT2D eigenvalue weighted by Gasteiger charge is 2.26. The van der Waals surface area contributed by atoms with Crippen LogP contribution in [0.25, 0.3) is 233 Å². The van der Waals surface area contributed by atoms with E-state index in [1.54, 1.807) is 0 Å². The van der Waals surface area contributed by atoms with Gasteiger partial charge in [-0.05, 0) is 157 Å². The maximum absolute atomic E-state index is 6.32. The summed E-state index contributed by atoms with van der Waals surface area (Å²) in [4.78, 5) is 30.3. The van der Waals surface area contributed by atoms with Crippen molar-refractivity contribution in [3.05, 3.63) is 400 Å². The first kappa shape index (κ1) is 68.0. The Morgan fingerprint density at radius 1 is 0.158 bits per heavy atom. The van der Waals surface area contributed by atoms with Crippen LogP contribution in [0.4, 0.5) is 0 Å². The zero-order valence-corrected chi connectivity index (χ0v) is 64.4. The van der Waals surface area contributed by atoms with Crippen LogP contribution in [0.15, 0.2) is 409 Å². The quantitative estimate of drug-likeness (QED) is 0.125. The van der Waals surface area contributed by atoms with Gasteiger partial charge in [-0.25, -0.2) is 29.9 Å². The first-order chi connectivity index (χ1) is 59.5. The molecule has 0 spiro atoms. The number of para-hydroxylation sites is 7. The summed E-state index contributed by atoms with van der Waals surface area (Å²) in [5.74, 6) is 3.60. The highest BCUT2D eigenvalue weighted by atomic mass is 16.3. The maximum atomic E-state index is 6.32. The number of rotatable bonds is 11. The molecule has 0 aliphatic carbocycles. The van der Waals surface area contributed by atoms with Crippen molar-refractivity contribution in [2.75, 3.05) is 0 Å². The van der Waals surface area contributed by atoms with Gasteiger partial charge in [-0.2, -0.15) is 0 Å². The largest absolute Gasteiger partial charge is 0.456 e. The summed E-state index contributed by atoms with van der Waals surface area (Å²) in [6.07, 6.45) is 0. The molecular weight excluding hydrogens is 1470 g/mol. The van der Waals surface area contributed by atoms with Gasteiger partial charge in [0, 0.05) is 121 Å². The minimum absolute atomic E-state index is 0.552. The average molecular weight is 1540 g/mol. The molecule has 0 atom stereocenters. The lowest BCUT2D eigenvalue weighted by Crippen LogP contribution is -2.00. The summed E-state index contributed by atoms with van der Waals surface area (Å²) < 4.78 is 22.3. The van der Waals surface area contributed by atoms with E-state index in [1.807, 2.05) is 109 Å². The van der Waals surface area contributed by atoms with E-state index in [0.717, 1.165) is 122 Å². The zero-order valence-electron chi connectivity index (χ0n) is 64.4. The molecule has 25 aromatic rings. The summed E-state index contributed by atoms with van der Waals surface area (Å²) in [6.45, 7) is 0. The SMILES string of the molecule is c1ccc(-c2cccc(-n3c4ccccc4c4c3ccc3c5ccccc5n(-c5ccc(-c6nc(-c7ccccc7)nc(-c7ccccc7)n6)cc5)c34)c2)cc1.c1ccc(-n2c3ccccc3c3c2ccc2c4ccccc4n(-c4ccc(-c5nc(-c6ccc7c(c6)oc6ccccc67)nc(-c6ccc7c(c6)oc6ccccc67)n5)cc4)c23)cc1. The van der Waals surface area contributed by atoms with Gasteiger partial charge in [-0.3, -0.25) is 0 Å². The highest BCUT2D eigenvalue weighted by Crippen LogP contribution is 2.46. The number of hydrogen-bond acceptors (Lipinski definition) is 8. The summed E-state index contributed by atoms with van der Waals surface area (Å²) >= 11 is 0. The van der Waals surface area contributed by atoms with Gasteiger partial charge in [0.25, 0.3) is 0 Å². The summed E-state index contributed by atoms with van der Waals surface area (Å²) in [5, 5.41) is 14.0. The van der Waals surface area contributed by atoms with Gasteiger partial charge >= 0.3 is 0 Å². The van der Waals surface area contributed by atoms with Crippen molar-refractivity contribution < 1.29 is 8.83 Å². The number of aromatic nitrogens is 10. The lowest BCUT2D eigenvalue weighted by molar-refractivity contribution is 0.668. The Morgan fingerprint density at radius 3 is 0.883 bits per heavy atom. The Balaban J connectivity index is 0.000000138. The van der Waals surface area contributed by atoms with Crippen LogP contribution in [0.1, 0.15) is 0 Å². The monoisotopic (exact) mass is 1530 g/mol. The van der Waals surface area contributed by atoms with E-state index in [9.17, 15) is 0 Å². The number of hydrogen-bond donors (Lipinski definition) is 0. The molecule has 12 nitrogen and oxygen atoms in total. The van der Waals surface area contributed by atoms with Crippen molar-refractivity contribution in [1.29, 1.82) is 0 Å². The van der Waals surface area contributed by atoms with Crippen LogP contribution in [-0.4, -0.2) is 48.2 Å². The molecule has 0 radical (unpaired) electrons. The molecule has 0 unspecified atom stereocenters. The molecule has 0 aliphatic heterocycles. The minimum Gasteiger partial charge on any atom is -0.456 e. The third kappa shape index (κ3) is 11.1. The minimum atomic E-state index is 0.552. The fraction of sp³-hybridized carbons (Fsp3) is 0. The molecule has 0 fully saturated rings. The van der Waals surface area contributed by atoms with Crippen LogP contribution in [0.5, 0.6) is 0 Å². The average Bonchev–Trinajstić information content (AvgIpc) is 1.55. The Labute approximate surface area is 686 Å². The molecule has 120 heavy (non-hydrogen) atoms. The van der Waals surface area contributed by atoms with Crippen LogP contribution in [0, 0.1) is 0 Å². The van der Waals surface area contributed by atoms with Crippen molar-refractivity contribution in [3.8, 4) is 102 Å². The molecule has 25 rings (SSSR count). The number of benzene rings is 17. The molecule has 0 saturated heterocycles. The standard InChI is InChI=1S/C57H33N5O2.C51H33N5/c1-2-12-37(13-3-1)61-47-19-9-5-17-45(47)53-48(61)31-30-44-39-14-4-8-18-46(39)62(54(44)53)38-26-22-34(23-27-38)55-58-56(35-24-28-42-40-15-6-10-20-49(40)63-51(42)32-35)60-57(59-55)36-25-29-43-41-16-7-11-21-50(41)64-52(43)33-36;1-4-15-34(16-5-1)38-21-14-22-40(33-38)55-45-26-13-11-24-43(45)47-46(55)32-31-42-41-23-10-12-25-44(41)56(48(42)47)39-29-27-37(28-30-39)51-53-49(35-17-6-2-7-18-35)52-50(54-51)36-19-8-3-9-20-36/h1-33H;1-33H. The van der Waals surface area contributed by atoms with E-state index in [0.29, 0.717) is 34.9 Å². The van der Waals surface area contributed by atoms with Crippen molar-refractivity contribution in [2.24, 2.45) is 0 Å². The Hall–Kier alpha value is -16.4. The topological polar surface area (TPSA) is 123 Å². The number of fused-ring (bicyclic) bond motifs is 20. The molecule has 0 bridgehead atoms. The van der Waals surface area contributed by atoms with Crippen molar-refractivity contribution in [3.63, 3.8) is 0 Å². The van der Waals surface area contributed by atoms with Crippen molar-refractivity contribution in [1.82, 2.24) is 48.2 Å². The van der Waals surface area contributed by atoms with Gasteiger partial charge in [0.05, 0.1) is 44.1 Å². The molecule has 17 aromatic carbocycles. The van der Waals surface area contributed by atoms with E-state index in [2.05, 4.69) is 309 Å². The van der Waals surface area contributed by atoms with Crippen LogP contribution in [0.3, 0.4) is 0 Å². The van der Waals surface area contributed by atoms with E-state index in [4.69, 9.17) is 38.7 Å². The molecule has 560 valence electrons. The van der Waals surface area contributed by atoms with Crippen LogP contribution in [0.2, 0.25) is 0 Å². The van der Waals surface area contributed by atoms with Crippen molar-refractivity contribution in [2.45, 2.75) is 0 Å². The second kappa shape index (κ2) is 27.7. The van der Waals surface area contributed by atoms with Crippen LogP contribution in [-0.2, 0) is 0 Å². The molecule has 8 aromatic heterocycles. The second-order valence-electron chi connectivity index (χ2n) is 30.4. The molecular formula is C108H66N10O2. The first-order valence-corrected chi connectivity index (χ1v) is 40.3. The Kier molecular flexibility index (Phi) is 15.7. The van der Waals surface area contributed by atoms with E-state index < -0.39 is 0 Å².